The Hall–Kier alpha value is -2.69. The smallest absolute Gasteiger partial charge is 0.251 e. The standard InChI is InChI=1S/C18H21NO4/c1-19-18(20)13-8-9-15(21-2)14(11-13)10-12-6-5-7-16(22-3)17(12)23-4/h5-9,11H,10H2,1-4H3,(H,19,20). The molecule has 0 spiro atoms. The number of methoxy groups -OCH3 is 3. The van der Waals surface area contributed by atoms with Crippen LogP contribution in [0.1, 0.15) is 21.5 Å². The van der Waals surface area contributed by atoms with Gasteiger partial charge in [0.1, 0.15) is 5.75 Å². The Labute approximate surface area is 136 Å². The van der Waals surface area contributed by atoms with Crippen LogP contribution >= 0.6 is 0 Å². The van der Waals surface area contributed by atoms with Crippen LogP contribution in [-0.2, 0) is 6.42 Å². The monoisotopic (exact) mass is 315 g/mol. The highest BCUT2D eigenvalue weighted by atomic mass is 16.5. The molecule has 5 nitrogen and oxygen atoms in total. The van der Waals surface area contributed by atoms with Crippen molar-refractivity contribution in [3.05, 3.63) is 53.1 Å². The second-order valence-corrected chi connectivity index (χ2v) is 4.94. The first-order valence-corrected chi connectivity index (χ1v) is 7.23. The van der Waals surface area contributed by atoms with Crippen LogP contribution < -0.4 is 19.5 Å². The number of carbonyl (C=O) groups excluding carboxylic acids is 1. The third-order valence-electron chi connectivity index (χ3n) is 3.64. The first kappa shape index (κ1) is 16.7. The topological polar surface area (TPSA) is 56.8 Å². The Morgan fingerprint density at radius 1 is 0.957 bits per heavy atom. The van der Waals surface area contributed by atoms with Gasteiger partial charge in [0, 0.05) is 24.6 Å². The van der Waals surface area contributed by atoms with Gasteiger partial charge in [0.25, 0.3) is 5.91 Å². The predicted octanol–water partition coefficient (Wildman–Crippen LogP) is 2.66. The van der Waals surface area contributed by atoms with E-state index in [0.29, 0.717) is 23.5 Å². The van der Waals surface area contributed by atoms with E-state index in [1.807, 2.05) is 24.3 Å². The van der Waals surface area contributed by atoms with Crippen molar-refractivity contribution < 1.29 is 19.0 Å². The first-order valence-electron chi connectivity index (χ1n) is 7.23. The van der Waals surface area contributed by atoms with Gasteiger partial charge in [-0.05, 0) is 29.8 Å². The van der Waals surface area contributed by atoms with Crippen LogP contribution in [-0.4, -0.2) is 34.3 Å². The summed E-state index contributed by atoms with van der Waals surface area (Å²) in [6.07, 6.45) is 0.564. The molecular formula is C18H21NO4. The van der Waals surface area contributed by atoms with Gasteiger partial charge in [0.2, 0.25) is 0 Å². The van der Waals surface area contributed by atoms with Crippen LogP contribution in [0.25, 0.3) is 0 Å². The Balaban J connectivity index is 2.45. The van der Waals surface area contributed by atoms with Crippen molar-refractivity contribution in [1.29, 1.82) is 0 Å². The average molecular weight is 315 g/mol. The van der Waals surface area contributed by atoms with Crippen molar-refractivity contribution in [1.82, 2.24) is 5.32 Å². The normalized spacial score (nSPS) is 10.1. The van der Waals surface area contributed by atoms with Crippen molar-refractivity contribution in [2.75, 3.05) is 28.4 Å². The Morgan fingerprint density at radius 3 is 2.30 bits per heavy atom. The van der Waals surface area contributed by atoms with Crippen molar-refractivity contribution in [3.63, 3.8) is 0 Å². The summed E-state index contributed by atoms with van der Waals surface area (Å²) in [5, 5.41) is 2.63. The van der Waals surface area contributed by atoms with Gasteiger partial charge in [-0.3, -0.25) is 4.79 Å². The molecule has 1 amide bonds. The second-order valence-electron chi connectivity index (χ2n) is 4.94. The number of benzene rings is 2. The highest BCUT2D eigenvalue weighted by Gasteiger charge is 2.14. The number of para-hydroxylation sites is 1. The van der Waals surface area contributed by atoms with E-state index in [-0.39, 0.29) is 5.91 Å². The molecule has 0 bridgehead atoms. The van der Waals surface area contributed by atoms with E-state index in [0.717, 1.165) is 16.9 Å². The summed E-state index contributed by atoms with van der Waals surface area (Å²) in [6, 6.07) is 11.1. The lowest BCUT2D eigenvalue weighted by Gasteiger charge is -2.15. The maximum atomic E-state index is 11.8. The lowest BCUT2D eigenvalue weighted by molar-refractivity contribution is 0.0963. The lowest BCUT2D eigenvalue weighted by atomic mass is 10.00. The van der Waals surface area contributed by atoms with Crippen LogP contribution in [0.15, 0.2) is 36.4 Å². The van der Waals surface area contributed by atoms with Gasteiger partial charge in [0.15, 0.2) is 11.5 Å². The quantitative estimate of drug-likeness (QED) is 0.890. The molecule has 0 aliphatic heterocycles. The molecule has 0 aliphatic rings. The van der Waals surface area contributed by atoms with Gasteiger partial charge < -0.3 is 19.5 Å². The molecule has 0 aromatic heterocycles. The molecule has 2 aromatic rings. The summed E-state index contributed by atoms with van der Waals surface area (Å²) in [6.45, 7) is 0. The summed E-state index contributed by atoms with van der Waals surface area (Å²) < 4.78 is 16.2. The average Bonchev–Trinajstić information content (AvgIpc) is 2.60. The van der Waals surface area contributed by atoms with Crippen LogP contribution in [0.2, 0.25) is 0 Å². The minimum Gasteiger partial charge on any atom is -0.496 e. The van der Waals surface area contributed by atoms with Gasteiger partial charge in [-0.15, -0.1) is 0 Å². The zero-order chi connectivity index (χ0) is 16.8. The minimum atomic E-state index is -0.133. The Morgan fingerprint density at radius 2 is 1.70 bits per heavy atom. The van der Waals surface area contributed by atoms with Gasteiger partial charge >= 0.3 is 0 Å². The van der Waals surface area contributed by atoms with Crippen LogP contribution in [0.3, 0.4) is 0 Å². The predicted molar refractivity (Wildman–Crippen MR) is 88.7 cm³/mol. The highest BCUT2D eigenvalue weighted by Crippen LogP contribution is 2.34. The first-order chi connectivity index (χ1) is 11.1. The molecule has 5 heteroatoms. The fourth-order valence-corrected chi connectivity index (χ4v) is 2.50. The van der Waals surface area contributed by atoms with E-state index < -0.39 is 0 Å². The van der Waals surface area contributed by atoms with Gasteiger partial charge in [-0.25, -0.2) is 0 Å². The van der Waals surface area contributed by atoms with E-state index >= 15 is 0 Å². The molecule has 0 unspecified atom stereocenters. The minimum absolute atomic E-state index is 0.133. The van der Waals surface area contributed by atoms with Crippen LogP contribution in [0.5, 0.6) is 17.2 Å². The number of ether oxygens (including phenoxy) is 3. The molecule has 23 heavy (non-hydrogen) atoms. The largest absolute Gasteiger partial charge is 0.496 e. The van der Waals surface area contributed by atoms with Crippen molar-refractivity contribution in [2.24, 2.45) is 0 Å². The Bertz CT molecular complexity index is 697. The molecule has 1 N–H and O–H groups in total. The van der Waals surface area contributed by atoms with E-state index in [1.54, 1.807) is 40.5 Å². The third-order valence-corrected chi connectivity index (χ3v) is 3.64. The number of amides is 1. The second kappa shape index (κ2) is 7.54. The molecule has 0 heterocycles. The fraction of sp³-hybridized carbons (Fsp3) is 0.278. The summed E-state index contributed by atoms with van der Waals surface area (Å²) in [5.74, 6) is 1.95. The number of carbonyl (C=O) groups is 1. The molecule has 2 aromatic carbocycles. The molecule has 0 saturated heterocycles. The lowest BCUT2D eigenvalue weighted by Crippen LogP contribution is -2.18. The van der Waals surface area contributed by atoms with E-state index in [9.17, 15) is 4.79 Å². The Kier molecular flexibility index (Phi) is 5.46. The molecule has 2 rings (SSSR count). The van der Waals surface area contributed by atoms with E-state index in [1.165, 1.54) is 0 Å². The van der Waals surface area contributed by atoms with Gasteiger partial charge in [-0.2, -0.15) is 0 Å². The number of rotatable bonds is 6. The SMILES string of the molecule is CNC(=O)c1ccc(OC)c(Cc2cccc(OC)c2OC)c1. The summed E-state index contributed by atoms with van der Waals surface area (Å²) in [7, 11) is 6.44. The molecule has 0 aliphatic carbocycles. The number of hydrogen-bond acceptors (Lipinski definition) is 4. The molecule has 0 saturated carbocycles. The fourth-order valence-electron chi connectivity index (χ4n) is 2.50. The van der Waals surface area contributed by atoms with E-state index in [2.05, 4.69) is 5.32 Å². The van der Waals surface area contributed by atoms with Gasteiger partial charge in [-0.1, -0.05) is 12.1 Å². The maximum Gasteiger partial charge on any atom is 0.251 e. The number of hydrogen-bond donors (Lipinski definition) is 1. The van der Waals surface area contributed by atoms with E-state index in [4.69, 9.17) is 14.2 Å². The zero-order valence-electron chi connectivity index (χ0n) is 13.8. The summed E-state index contributed by atoms with van der Waals surface area (Å²) in [5.41, 5.74) is 2.45. The summed E-state index contributed by atoms with van der Waals surface area (Å²) in [4.78, 5) is 11.8. The maximum absolute atomic E-state index is 11.8. The highest BCUT2D eigenvalue weighted by molar-refractivity contribution is 5.94. The van der Waals surface area contributed by atoms with Crippen LogP contribution in [0.4, 0.5) is 0 Å². The molecule has 0 atom stereocenters. The molecule has 0 fully saturated rings. The van der Waals surface area contributed by atoms with Crippen molar-refractivity contribution >= 4 is 5.91 Å². The number of nitrogens with one attached hydrogen (secondary N) is 1. The van der Waals surface area contributed by atoms with Gasteiger partial charge in [0.05, 0.1) is 21.3 Å². The summed E-state index contributed by atoms with van der Waals surface area (Å²) >= 11 is 0. The van der Waals surface area contributed by atoms with Crippen LogP contribution in [0, 0.1) is 0 Å². The molecule has 122 valence electrons. The van der Waals surface area contributed by atoms with Crippen molar-refractivity contribution in [2.45, 2.75) is 6.42 Å². The zero-order valence-corrected chi connectivity index (χ0v) is 13.8. The molecular weight excluding hydrogens is 294 g/mol. The third kappa shape index (κ3) is 3.56. The van der Waals surface area contributed by atoms with Crippen molar-refractivity contribution in [3.8, 4) is 17.2 Å². The molecule has 0 radical (unpaired) electrons.